The Kier molecular flexibility index (Phi) is 6.46. The Labute approximate surface area is 188 Å². The Morgan fingerprint density at radius 3 is 2.77 bits per heavy atom. The Morgan fingerprint density at radius 2 is 2.00 bits per heavy atom. The molecule has 0 radical (unpaired) electrons. The van der Waals surface area contributed by atoms with E-state index in [-0.39, 0.29) is 18.1 Å². The number of nitrogens with two attached hydrogens (primary N) is 1. The Hall–Kier alpha value is -3.00. The minimum Gasteiger partial charge on any atom is -0.483 e. The van der Waals surface area contributed by atoms with Crippen LogP contribution in [0.3, 0.4) is 0 Å². The van der Waals surface area contributed by atoms with E-state index in [4.69, 9.17) is 15.5 Å². The number of para-hydroxylation sites is 1. The molecule has 1 heterocycles. The summed E-state index contributed by atoms with van der Waals surface area (Å²) >= 11 is 3.43. The van der Waals surface area contributed by atoms with Crippen LogP contribution in [0.2, 0.25) is 0 Å². The molecule has 4 rings (SSSR count). The van der Waals surface area contributed by atoms with Crippen LogP contribution < -0.4 is 16.0 Å². The van der Waals surface area contributed by atoms with Crippen LogP contribution in [-0.4, -0.2) is 28.4 Å². The summed E-state index contributed by atoms with van der Waals surface area (Å²) in [6.45, 7) is -0.232. The van der Waals surface area contributed by atoms with Crippen LogP contribution >= 0.6 is 15.9 Å². The highest BCUT2D eigenvalue weighted by Gasteiger charge is 2.22. The van der Waals surface area contributed by atoms with Gasteiger partial charge in [0.25, 0.3) is 11.5 Å². The molecule has 3 aromatic rings. The minimum atomic E-state index is -0.563. The number of halogens is 1. The minimum absolute atomic E-state index is 0.188. The summed E-state index contributed by atoms with van der Waals surface area (Å²) in [5.41, 5.74) is 6.29. The van der Waals surface area contributed by atoms with Gasteiger partial charge in [0.05, 0.1) is 17.1 Å². The van der Waals surface area contributed by atoms with Crippen molar-refractivity contribution in [1.29, 1.82) is 0 Å². The molecule has 0 bridgehead atoms. The number of aromatic nitrogens is 2. The second-order valence-corrected chi connectivity index (χ2v) is 8.54. The molecule has 0 unspecified atom stereocenters. The van der Waals surface area contributed by atoms with Crippen molar-refractivity contribution in [2.45, 2.75) is 38.0 Å². The molecule has 160 valence electrons. The average Bonchev–Trinajstić information content (AvgIpc) is 2.78. The summed E-state index contributed by atoms with van der Waals surface area (Å²) in [6, 6.07) is 12.7. The molecular weight excluding hydrogens is 460 g/mol. The number of carbonyl (C=O) groups is 1. The Morgan fingerprint density at radius 1 is 1.23 bits per heavy atom. The average molecular weight is 483 g/mol. The van der Waals surface area contributed by atoms with Gasteiger partial charge in [0, 0.05) is 16.0 Å². The van der Waals surface area contributed by atoms with E-state index >= 15 is 0 Å². The van der Waals surface area contributed by atoms with Gasteiger partial charge in [-0.05, 0) is 43.2 Å². The zero-order chi connectivity index (χ0) is 21.8. The molecule has 2 N–H and O–H groups in total. The molecule has 1 aromatic heterocycles. The lowest BCUT2D eigenvalue weighted by Crippen LogP contribution is -2.25. The van der Waals surface area contributed by atoms with E-state index in [9.17, 15) is 9.59 Å². The fraction of sp³-hybridized carbons (Fsp3) is 0.304. The summed E-state index contributed by atoms with van der Waals surface area (Å²) in [6.07, 6.45) is 6.98. The number of hydrogen-bond acceptors (Lipinski definition) is 5. The molecule has 8 heteroatoms. The second-order valence-electron chi connectivity index (χ2n) is 7.62. The lowest BCUT2D eigenvalue weighted by atomic mass is 9.88. The van der Waals surface area contributed by atoms with Gasteiger partial charge in [-0.2, -0.15) is 9.78 Å². The van der Waals surface area contributed by atoms with E-state index in [0.29, 0.717) is 28.0 Å². The Balaban J connectivity index is 1.80. The third kappa shape index (κ3) is 4.85. The van der Waals surface area contributed by atoms with Gasteiger partial charge in [0.1, 0.15) is 11.6 Å². The first-order chi connectivity index (χ1) is 15.0. The lowest BCUT2D eigenvalue weighted by molar-refractivity contribution is -0.119. The predicted molar refractivity (Wildman–Crippen MR) is 124 cm³/mol. The predicted octanol–water partition coefficient (Wildman–Crippen LogP) is 3.95. The van der Waals surface area contributed by atoms with Crippen molar-refractivity contribution in [2.24, 2.45) is 10.8 Å². The van der Waals surface area contributed by atoms with Crippen molar-refractivity contribution >= 4 is 39.0 Å². The van der Waals surface area contributed by atoms with Crippen molar-refractivity contribution in [2.75, 3.05) is 6.61 Å². The highest BCUT2D eigenvalue weighted by atomic mass is 79.9. The maximum absolute atomic E-state index is 13.4. The number of benzene rings is 2. The number of ether oxygens (including phenoxy) is 1. The third-order valence-electron chi connectivity index (χ3n) is 5.40. The molecule has 1 amide bonds. The van der Waals surface area contributed by atoms with Crippen molar-refractivity contribution in [3.8, 4) is 5.75 Å². The van der Waals surface area contributed by atoms with Crippen molar-refractivity contribution in [1.82, 2.24) is 9.66 Å². The van der Waals surface area contributed by atoms with Crippen LogP contribution in [0.5, 0.6) is 5.75 Å². The highest BCUT2D eigenvalue weighted by Crippen LogP contribution is 2.32. The maximum atomic E-state index is 13.4. The van der Waals surface area contributed by atoms with Crippen LogP contribution in [-0.2, 0) is 4.79 Å². The van der Waals surface area contributed by atoms with Crippen molar-refractivity contribution in [3.63, 3.8) is 0 Å². The van der Waals surface area contributed by atoms with Gasteiger partial charge in [0.2, 0.25) is 0 Å². The first-order valence-corrected chi connectivity index (χ1v) is 11.1. The van der Waals surface area contributed by atoms with E-state index in [2.05, 4.69) is 21.0 Å². The number of primary amides is 1. The maximum Gasteiger partial charge on any atom is 0.282 e. The van der Waals surface area contributed by atoms with Crippen LogP contribution in [0, 0.1) is 0 Å². The summed E-state index contributed by atoms with van der Waals surface area (Å²) in [5.74, 6) is 0.778. The normalized spacial score (nSPS) is 14.9. The van der Waals surface area contributed by atoms with E-state index in [0.717, 1.165) is 30.2 Å². The number of fused-ring (bicyclic) bond motifs is 1. The van der Waals surface area contributed by atoms with Gasteiger partial charge < -0.3 is 10.5 Å². The molecule has 0 aliphatic heterocycles. The van der Waals surface area contributed by atoms with Gasteiger partial charge in [-0.25, -0.2) is 4.98 Å². The molecule has 2 aromatic carbocycles. The summed E-state index contributed by atoms with van der Waals surface area (Å²) in [4.78, 5) is 29.3. The zero-order valence-electron chi connectivity index (χ0n) is 17.0. The first kappa shape index (κ1) is 21.2. The van der Waals surface area contributed by atoms with Crippen molar-refractivity contribution in [3.05, 3.63) is 68.7 Å². The van der Waals surface area contributed by atoms with E-state index in [1.54, 1.807) is 30.5 Å². The zero-order valence-corrected chi connectivity index (χ0v) is 18.5. The molecule has 1 aliphatic carbocycles. The molecular formula is C23H23BrN4O3. The fourth-order valence-corrected chi connectivity index (χ4v) is 4.25. The van der Waals surface area contributed by atoms with Gasteiger partial charge >= 0.3 is 0 Å². The smallest absolute Gasteiger partial charge is 0.282 e. The van der Waals surface area contributed by atoms with Gasteiger partial charge in [-0.1, -0.05) is 47.3 Å². The number of hydrogen-bond donors (Lipinski definition) is 1. The standard InChI is InChI=1S/C23H23BrN4O3/c24-17-10-11-19-18(12-17)23(30)28(22(27-19)15-6-2-1-3-7-15)26-13-16-8-4-5-9-20(16)31-14-21(25)29/h4-5,8-13,15H,1-3,6-7,14H2,(H2,25,29). The van der Waals surface area contributed by atoms with Gasteiger partial charge in [0.15, 0.2) is 6.61 Å². The van der Waals surface area contributed by atoms with Crippen LogP contribution in [0.1, 0.15) is 49.4 Å². The van der Waals surface area contributed by atoms with Gasteiger partial charge in [-0.3, -0.25) is 9.59 Å². The quantitative estimate of drug-likeness (QED) is 0.537. The van der Waals surface area contributed by atoms with Gasteiger partial charge in [-0.15, -0.1) is 0 Å². The summed E-state index contributed by atoms with van der Waals surface area (Å²) in [7, 11) is 0. The highest BCUT2D eigenvalue weighted by molar-refractivity contribution is 9.10. The number of carbonyl (C=O) groups excluding carboxylic acids is 1. The Bertz CT molecular complexity index is 1200. The molecule has 31 heavy (non-hydrogen) atoms. The molecule has 0 atom stereocenters. The largest absolute Gasteiger partial charge is 0.483 e. The van der Waals surface area contributed by atoms with Crippen LogP contribution in [0.25, 0.3) is 10.9 Å². The number of rotatable bonds is 6. The SMILES string of the molecule is NC(=O)COc1ccccc1C=Nn1c(C2CCCCC2)nc2ccc(Br)cc2c1=O. The van der Waals surface area contributed by atoms with Crippen molar-refractivity contribution < 1.29 is 9.53 Å². The molecule has 1 aliphatic rings. The van der Waals surface area contributed by atoms with E-state index < -0.39 is 5.91 Å². The van der Waals surface area contributed by atoms with Crippen LogP contribution in [0.15, 0.2) is 56.8 Å². The monoisotopic (exact) mass is 482 g/mol. The van der Waals surface area contributed by atoms with Crippen LogP contribution in [0.4, 0.5) is 0 Å². The third-order valence-corrected chi connectivity index (χ3v) is 5.90. The molecule has 7 nitrogen and oxygen atoms in total. The summed E-state index contributed by atoms with van der Waals surface area (Å²) < 4.78 is 7.70. The molecule has 1 saturated carbocycles. The summed E-state index contributed by atoms with van der Waals surface area (Å²) in [5, 5.41) is 5.03. The number of amides is 1. The van der Waals surface area contributed by atoms with E-state index in [1.807, 2.05) is 18.2 Å². The molecule has 0 spiro atoms. The lowest BCUT2D eigenvalue weighted by Gasteiger charge is -2.22. The molecule has 1 fully saturated rings. The topological polar surface area (TPSA) is 99.6 Å². The fourth-order valence-electron chi connectivity index (χ4n) is 3.89. The number of nitrogens with zero attached hydrogens (tertiary/aromatic N) is 3. The first-order valence-electron chi connectivity index (χ1n) is 10.3. The molecule has 0 saturated heterocycles. The second kappa shape index (κ2) is 9.43. The van der Waals surface area contributed by atoms with E-state index in [1.165, 1.54) is 11.1 Å².